The first-order valence-electron chi connectivity index (χ1n) is 15.5. The minimum absolute atomic E-state index is 0.00111. The molecule has 1 aliphatic carbocycles. The number of rotatable bonds is 11. The van der Waals surface area contributed by atoms with Crippen molar-refractivity contribution < 1.29 is 38.4 Å². The average Bonchev–Trinajstić information content (AvgIpc) is 3.68. The van der Waals surface area contributed by atoms with Gasteiger partial charge in [0.1, 0.15) is 23.9 Å². The van der Waals surface area contributed by atoms with Crippen LogP contribution in [-0.4, -0.2) is 89.8 Å². The number of hydrogen-bond acceptors (Lipinski definition) is 9. The summed E-state index contributed by atoms with van der Waals surface area (Å²) in [7, 11) is 0. The topological polar surface area (TPSA) is 162 Å². The van der Waals surface area contributed by atoms with E-state index >= 15 is 0 Å². The van der Waals surface area contributed by atoms with E-state index in [-0.39, 0.29) is 60.6 Å². The maximum atomic E-state index is 12.5. The summed E-state index contributed by atoms with van der Waals surface area (Å²) in [6.07, 6.45) is 10.3. The van der Waals surface area contributed by atoms with Crippen molar-refractivity contribution in [2.45, 2.75) is 133 Å². The molecule has 4 rings (SSSR count). The quantitative estimate of drug-likeness (QED) is 0.120. The number of carbonyl (C=O) groups is 3. The van der Waals surface area contributed by atoms with E-state index in [4.69, 9.17) is 24.7 Å². The van der Waals surface area contributed by atoms with Crippen molar-refractivity contribution in [1.29, 1.82) is 0 Å². The third-order valence-corrected chi connectivity index (χ3v) is 8.88. The van der Waals surface area contributed by atoms with Crippen LogP contribution >= 0.6 is 0 Å². The lowest BCUT2D eigenvalue weighted by Crippen LogP contribution is -2.53. The minimum atomic E-state index is -0.796. The standard InChI is InChI=1S/C32H49N3O8/c1-18(6-9-27-19(2)12-26(21(4)42-27)35-29(37)11-8-20(3)41-22(5)36)7-10-28-31(39)32(17-40-32)16-25(43-28)15-30(38)34-24-13-23(33)14-24/h6-8,10-11,19-21,23-28,31,39H,9,12-17,33H2,1-5H3,(H,34,38)(H,35,37)/b10-7+,11-8-,18-6+/t19-,20-,21+,23-,24-,25+,26+,27-,28+,31+,32+/m0/s1. The van der Waals surface area contributed by atoms with Gasteiger partial charge in [0, 0.05) is 31.5 Å². The van der Waals surface area contributed by atoms with Crippen LogP contribution in [0.4, 0.5) is 0 Å². The molecule has 0 bridgehead atoms. The molecule has 5 N–H and O–H groups in total. The molecule has 3 aliphatic heterocycles. The van der Waals surface area contributed by atoms with Crippen molar-refractivity contribution in [1.82, 2.24) is 10.6 Å². The van der Waals surface area contributed by atoms with Crippen molar-refractivity contribution in [2.75, 3.05) is 6.61 Å². The summed E-state index contributed by atoms with van der Waals surface area (Å²) < 4.78 is 23.1. The Morgan fingerprint density at radius 2 is 1.84 bits per heavy atom. The highest BCUT2D eigenvalue weighted by molar-refractivity contribution is 5.87. The molecule has 0 aromatic rings. The van der Waals surface area contributed by atoms with Gasteiger partial charge in [-0.1, -0.05) is 30.7 Å². The van der Waals surface area contributed by atoms with Gasteiger partial charge in [-0.25, -0.2) is 0 Å². The molecule has 240 valence electrons. The molecule has 2 amide bonds. The van der Waals surface area contributed by atoms with Crippen molar-refractivity contribution in [3.63, 3.8) is 0 Å². The van der Waals surface area contributed by atoms with Crippen LogP contribution in [0.1, 0.15) is 73.1 Å². The fourth-order valence-corrected chi connectivity index (χ4v) is 6.16. The lowest BCUT2D eigenvalue weighted by molar-refractivity contribution is -0.146. The Balaban J connectivity index is 1.24. The van der Waals surface area contributed by atoms with Crippen LogP contribution in [0.25, 0.3) is 0 Å². The molecule has 3 saturated heterocycles. The van der Waals surface area contributed by atoms with E-state index in [0.29, 0.717) is 19.4 Å². The molecular weight excluding hydrogens is 554 g/mol. The summed E-state index contributed by atoms with van der Waals surface area (Å²) in [5.41, 5.74) is 6.19. The molecule has 0 unspecified atom stereocenters. The zero-order valence-electron chi connectivity index (χ0n) is 26.0. The van der Waals surface area contributed by atoms with Gasteiger partial charge in [-0.3, -0.25) is 14.4 Å². The van der Waals surface area contributed by atoms with Crippen molar-refractivity contribution in [3.05, 3.63) is 36.0 Å². The first-order chi connectivity index (χ1) is 20.3. The Bertz CT molecular complexity index is 1100. The Labute approximate surface area is 254 Å². The molecule has 4 aliphatic rings. The van der Waals surface area contributed by atoms with Gasteiger partial charge in [-0.2, -0.15) is 0 Å². The monoisotopic (exact) mass is 603 g/mol. The number of allylic oxidation sites excluding steroid dienone is 2. The van der Waals surface area contributed by atoms with Crippen LogP contribution in [-0.2, 0) is 33.3 Å². The second-order valence-corrected chi connectivity index (χ2v) is 12.8. The van der Waals surface area contributed by atoms with Crippen molar-refractivity contribution in [2.24, 2.45) is 11.7 Å². The number of aliphatic hydroxyl groups excluding tert-OH is 1. The van der Waals surface area contributed by atoms with Gasteiger partial charge in [0.2, 0.25) is 11.8 Å². The number of nitrogens with one attached hydrogen (secondary N) is 2. The van der Waals surface area contributed by atoms with Gasteiger partial charge >= 0.3 is 5.97 Å². The molecule has 11 nitrogen and oxygen atoms in total. The molecule has 3 heterocycles. The molecule has 0 aromatic carbocycles. The molecule has 11 heteroatoms. The van der Waals surface area contributed by atoms with Crippen LogP contribution in [0.15, 0.2) is 36.0 Å². The number of hydrogen-bond donors (Lipinski definition) is 4. The van der Waals surface area contributed by atoms with Gasteiger partial charge in [-0.05, 0) is 58.4 Å². The van der Waals surface area contributed by atoms with Crippen LogP contribution in [0.3, 0.4) is 0 Å². The molecule has 4 fully saturated rings. The van der Waals surface area contributed by atoms with Crippen LogP contribution in [0.5, 0.6) is 0 Å². The largest absolute Gasteiger partial charge is 0.459 e. The fraction of sp³-hybridized carbons (Fsp3) is 0.719. The van der Waals surface area contributed by atoms with Crippen molar-refractivity contribution >= 4 is 17.8 Å². The summed E-state index contributed by atoms with van der Waals surface area (Å²) in [6, 6.07) is 0.182. The number of nitrogens with two attached hydrogens (primary N) is 1. The zero-order chi connectivity index (χ0) is 31.3. The second kappa shape index (κ2) is 14.5. The maximum absolute atomic E-state index is 12.5. The number of epoxide rings is 1. The van der Waals surface area contributed by atoms with E-state index in [1.807, 2.05) is 26.0 Å². The highest BCUT2D eigenvalue weighted by Gasteiger charge is 2.58. The van der Waals surface area contributed by atoms with Gasteiger partial charge in [0.15, 0.2) is 0 Å². The number of esters is 1. The molecule has 0 radical (unpaired) electrons. The summed E-state index contributed by atoms with van der Waals surface area (Å²) in [5, 5.41) is 16.9. The van der Waals surface area contributed by atoms with Gasteiger partial charge in [0.05, 0.1) is 37.4 Å². The average molecular weight is 604 g/mol. The molecule has 1 spiro atoms. The van der Waals surface area contributed by atoms with Gasteiger partial charge < -0.3 is 40.4 Å². The molecular formula is C32H49N3O8. The third kappa shape index (κ3) is 9.46. The number of amides is 2. The summed E-state index contributed by atoms with van der Waals surface area (Å²) >= 11 is 0. The van der Waals surface area contributed by atoms with Crippen molar-refractivity contribution in [3.8, 4) is 0 Å². The predicted molar refractivity (Wildman–Crippen MR) is 160 cm³/mol. The first-order valence-corrected chi connectivity index (χ1v) is 15.5. The summed E-state index contributed by atoms with van der Waals surface area (Å²) in [6.45, 7) is 9.56. The zero-order valence-corrected chi connectivity index (χ0v) is 26.0. The predicted octanol–water partition coefficient (Wildman–Crippen LogP) is 1.97. The molecule has 0 aromatic heterocycles. The molecule has 9 atom stereocenters. The fourth-order valence-electron chi connectivity index (χ4n) is 6.16. The normalized spacial score (nSPS) is 38.5. The van der Waals surface area contributed by atoms with E-state index in [9.17, 15) is 19.5 Å². The SMILES string of the molecule is CC(=O)O[C@@H](C)/C=C\C(=O)N[C@@H]1C[C@H](C)[C@H](C/C=C(C)/C=C/[C@H]2O[C@H](CC(=O)N[C@H]3C[C@H](N)C3)C[C@@]3(CO3)[C@@H]2O)O[C@@H]1C. The maximum Gasteiger partial charge on any atom is 0.303 e. The lowest BCUT2D eigenvalue weighted by Gasteiger charge is -2.39. The molecule has 1 saturated carbocycles. The highest BCUT2D eigenvalue weighted by atomic mass is 16.6. The van der Waals surface area contributed by atoms with E-state index in [1.165, 1.54) is 13.0 Å². The van der Waals surface area contributed by atoms with Crippen LogP contribution < -0.4 is 16.4 Å². The number of aliphatic hydroxyl groups is 1. The molecule has 43 heavy (non-hydrogen) atoms. The van der Waals surface area contributed by atoms with E-state index < -0.39 is 29.9 Å². The minimum Gasteiger partial charge on any atom is -0.459 e. The Morgan fingerprint density at radius 1 is 1.12 bits per heavy atom. The second-order valence-electron chi connectivity index (χ2n) is 12.8. The Kier molecular flexibility index (Phi) is 11.2. The van der Waals surface area contributed by atoms with Crippen LogP contribution in [0, 0.1) is 5.92 Å². The van der Waals surface area contributed by atoms with E-state index in [2.05, 4.69) is 23.6 Å². The van der Waals surface area contributed by atoms with Crippen LogP contribution in [0.2, 0.25) is 0 Å². The first kappa shape index (κ1) is 33.3. The van der Waals surface area contributed by atoms with Gasteiger partial charge in [0.25, 0.3) is 0 Å². The van der Waals surface area contributed by atoms with E-state index in [0.717, 1.165) is 24.8 Å². The number of carbonyl (C=O) groups excluding carboxylic acids is 3. The van der Waals surface area contributed by atoms with Gasteiger partial charge in [-0.15, -0.1) is 0 Å². The van der Waals surface area contributed by atoms with E-state index in [1.54, 1.807) is 13.0 Å². The summed E-state index contributed by atoms with van der Waals surface area (Å²) in [5.74, 6) is -0.484. The number of ether oxygens (including phenoxy) is 4. The highest BCUT2D eigenvalue weighted by Crippen LogP contribution is 2.43. The summed E-state index contributed by atoms with van der Waals surface area (Å²) in [4.78, 5) is 36.0. The Hall–Kier alpha value is -2.57. The smallest absolute Gasteiger partial charge is 0.303 e. The Morgan fingerprint density at radius 3 is 2.49 bits per heavy atom. The third-order valence-electron chi connectivity index (χ3n) is 8.88. The lowest BCUT2D eigenvalue weighted by atomic mass is 9.86.